The smallest absolute Gasteiger partial charge is 0.296 e. The van der Waals surface area contributed by atoms with Gasteiger partial charge in [0, 0.05) is 11.3 Å². The first-order chi connectivity index (χ1) is 9.35. The lowest BCUT2D eigenvalue weighted by Gasteiger charge is -2.07. The molecular weight excluding hydrogens is 284 g/mol. The van der Waals surface area contributed by atoms with E-state index in [1.807, 2.05) is 0 Å². The van der Waals surface area contributed by atoms with Gasteiger partial charge in [-0.25, -0.2) is 5.14 Å². The molecule has 2 aromatic rings. The predicted molar refractivity (Wildman–Crippen MR) is 72.4 cm³/mol. The first-order valence-corrected chi connectivity index (χ1v) is 7.03. The van der Waals surface area contributed by atoms with Gasteiger partial charge in [-0.2, -0.15) is 8.42 Å². The van der Waals surface area contributed by atoms with Crippen molar-refractivity contribution in [3.63, 3.8) is 0 Å². The summed E-state index contributed by atoms with van der Waals surface area (Å²) in [4.78, 5) is 11.9. The van der Waals surface area contributed by atoms with Crippen LogP contribution in [0, 0.1) is 6.92 Å². The first-order valence-electron chi connectivity index (χ1n) is 5.48. The van der Waals surface area contributed by atoms with E-state index in [-0.39, 0.29) is 11.4 Å². The maximum atomic E-state index is 11.9. The number of rotatable bonds is 4. The van der Waals surface area contributed by atoms with Crippen molar-refractivity contribution in [3.8, 4) is 0 Å². The van der Waals surface area contributed by atoms with E-state index in [4.69, 9.17) is 9.66 Å². The molecule has 0 radical (unpaired) electrons. The van der Waals surface area contributed by atoms with Gasteiger partial charge in [-0.05, 0) is 25.1 Å². The SMILES string of the molecule is Cc1cnoc1C(=O)Nc1cccc(NS(N)(=O)=O)c1. The number of carbonyl (C=O) groups is 1. The van der Waals surface area contributed by atoms with Gasteiger partial charge in [-0.15, -0.1) is 0 Å². The lowest BCUT2D eigenvalue weighted by Crippen LogP contribution is -2.21. The maximum absolute atomic E-state index is 11.9. The van der Waals surface area contributed by atoms with Crippen LogP contribution in [-0.4, -0.2) is 19.5 Å². The molecule has 1 aromatic heterocycles. The molecule has 4 N–H and O–H groups in total. The largest absolute Gasteiger partial charge is 0.351 e. The monoisotopic (exact) mass is 296 g/mol. The number of benzene rings is 1. The highest BCUT2D eigenvalue weighted by molar-refractivity contribution is 7.90. The van der Waals surface area contributed by atoms with Crippen LogP contribution in [0.4, 0.5) is 11.4 Å². The Labute approximate surface area is 115 Å². The molecule has 0 aliphatic heterocycles. The molecule has 0 aliphatic rings. The van der Waals surface area contributed by atoms with Crippen molar-refractivity contribution in [2.45, 2.75) is 6.92 Å². The molecule has 0 bridgehead atoms. The zero-order valence-electron chi connectivity index (χ0n) is 10.5. The summed E-state index contributed by atoms with van der Waals surface area (Å²) in [6, 6.07) is 6.09. The number of hydrogen-bond donors (Lipinski definition) is 3. The molecule has 0 atom stereocenters. The molecule has 0 saturated carbocycles. The molecule has 0 aliphatic carbocycles. The summed E-state index contributed by atoms with van der Waals surface area (Å²) >= 11 is 0. The van der Waals surface area contributed by atoms with Crippen molar-refractivity contribution in [2.24, 2.45) is 5.14 Å². The Morgan fingerprint density at radius 2 is 2.05 bits per heavy atom. The van der Waals surface area contributed by atoms with Gasteiger partial charge < -0.3 is 9.84 Å². The van der Waals surface area contributed by atoms with Crippen LogP contribution in [0.5, 0.6) is 0 Å². The summed E-state index contributed by atoms with van der Waals surface area (Å²) in [6.07, 6.45) is 1.42. The topological polar surface area (TPSA) is 127 Å². The summed E-state index contributed by atoms with van der Waals surface area (Å²) in [7, 11) is -3.86. The van der Waals surface area contributed by atoms with Crippen molar-refractivity contribution in [1.29, 1.82) is 0 Å². The molecular formula is C11H12N4O4S. The second-order valence-electron chi connectivity index (χ2n) is 4.02. The average Bonchev–Trinajstić information content (AvgIpc) is 2.73. The lowest BCUT2D eigenvalue weighted by atomic mass is 10.2. The molecule has 2 rings (SSSR count). The fraction of sp³-hybridized carbons (Fsp3) is 0.0909. The highest BCUT2D eigenvalue weighted by Crippen LogP contribution is 2.17. The second-order valence-corrected chi connectivity index (χ2v) is 5.31. The number of nitrogens with zero attached hydrogens (tertiary/aromatic N) is 1. The Morgan fingerprint density at radius 1 is 1.35 bits per heavy atom. The van der Waals surface area contributed by atoms with E-state index in [9.17, 15) is 13.2 Å². The van der Waals surface area contributed by atoms with Gasteiger partial charge in [0.05, 0.1) is 11.9 Å². The van der Waals surface area contributed by atoms with E-state index < -0.39 is 16.1 Å². The number of aryl methyl sites for hydroxylation is 1. The van der Waals surface area contributed by atoms with Gasteiger partial charge in [0.15, 0.2) is 0 Å². The summed E-state index contributed by atoms with van der Waals surface area (Å²) in [5.41, 5.74) is 1.22. The Kier molecular flexibility index (Phi) is 3.72. The van der Waals surface area contributed by atoms with Crippen molar-refractivity contribution in [2.75, 3.05) is 10.0 Å². The molecule has 20 heavy (non-hydrogen) atoms. The molecule has 0 unspecified atom stereocenters. The third kappa shape index (κ3) is 3.56. The van der Waals surface area contributed by atoms with Gasteiger partial charge >= 0.3 is 0 Å². The molecule has 9 heteroatoms. The molecule has 106 valence electrons. The van der Waals surface area contributed by atoms with Crippen LogP contribution < -0.4 is 15.2 Å². The van der Waals surface area contributed by atoms with E-state index in [0.717, 1.165) is 0 Å². The van der Waals surface area contributed by atoms with Crippen LogP contribution in [0.3, 0.4) is 0 Å². The van der Waals surface area contributed by atoms with E-state index in [0.29, 0.717) is 11.3 Å². The molecule has 0 fully saturated rings. The number of amides is 1. The highest BCUT2D eigenvalue weighted by atomic mass is 32.2. The molecule has 8 nitrogen and oxygen atoms in total. The minimum Gasteiger partial charge on any atom is -0.351 e. The van der Waals surface area contributed by atoms with Gasteiger partial charge in [0.1, 0.15) is 0 Å². The Morgan fingerprint density at radius 3 is 2.65 bits per heavy atom. The number of nitrogens with two attached hydrogens (primary N) is 1. The van der Waals surface area contributed by atoms with Crippen LogP contribution in [0.1, 0.15) is 16.1 Å². The third-order valence-electron chi connectivity index (χ3n) is 2.34. The summed E-state index contributed by atoms with van der Waals surface area (Å²) < 4.78 is 28.8. The van der Waals surface area contributed by atoms with Gasteiger partial charge in [-0.1, -0.05) is 11.2 Å². The summed E-state index contributed by atoms with van der Waals surface area (Å²) in [6.45, 7) is 1.68. The van der Waals surface area contributed by atoms with E-state index in [1.54, 1.807) is 19.1 Å². The van der Waals surface area contributed by atoms with E-state index >= 15 is 0 Å². The van der Waals surface area contributed by atoms with Gasteiger partial charge in [0.25, 0.3) is 16.1 Å². The predicted octanol–water partition coefficient (Wildman–Crippen LogP) is 0.851. The molecule has 0 saturated heterocycles. The number of aromatic nitrogens is 1. The van der Waals surface area contributed by atoms with Crippen LogP contribution in [0.15, 0.2) is 35.0 Å². The Bertz CT molecular complexity index is 738. The van der Waals surface area contributed by atoms with E-state index in [2.05, 4.69) is 15.2 Å². The van der Waals surface area contributed by atoms with Crippen LogP contribution >= 0.6 is 0 Å². The van der Waals surface area contributed by atoms with Crippen molar-refractivity contribution < 1.29 is 17.7 Å². The summed E-state index contributed by atoms with van der Waals surface area (Å²) in [5.74, 6) is -0.387. The number of nitrogens with one attached hydrogen (secondary N) is 2. The normalized spacial score (nSPS) is 11.1. The quantitative estimate of drug-likeness (QED) is 0.770. The second kappa shape index (κ2) is 5.31. The maximum Gasteiger partial charge on any atom is 0.296 e. The minimum atomic E-state index is -3.86. The zero-order valence-corrected chi connectivity index (χ0v) is 11.3. The molecule has 1 aromatic carbocycles. The number of hydrogen-bond acceptors (Lipinski definition) is 5. The summed E-state index contributed by atoms with van der Waals surface area (Å²) in [5, 5.41) is 10.9. The fourth-order valence-corrected chi connectivity index (χ4v) is 1.98. The van der Waals surface area contributed by atoms with Crippen molar-refractivity contribution in [1.82, 2.24) is 5.16 Å². The van der Waals surface area contributed by atoms with E-state index in [1.165, 1.54) is 18.3 Å². The van der Waals surface area contributed by atoms with Crippen LogP contribution in [-0.2, 0) is 10.2 Å². The average molecular weight is 296 g/mol. The fourth-order valence-electron chi connectivity index (χ4n) is 1.52. The Hall–Kier alpha value is -2.39. The van der Waals surface area contributed by atoms with Crippen molar-refractivity contribution >= 4 is 27.5 Å². The minimum absolute atomic E-state index is 0.0924. The zero-order chi connectivity index (χ0) is 14.8. The Balaban J connectivity index is 2.16. The van der Waals surface area contributed by atoms with Crippen LogP contribution in [0.2, 0.25) is 0 Å². The lowest BCUT2D eigenvalue weighted by molar-refractivity contribution is 0.0987. The van der Waals surface area contributed by atoms with Gasteiger partial charge in [0.2, 0.25) is 5.76 Å². The molecule has 1 heterocycles. The van der Waals surface area contributed by atoms with Crippen LogP contribution in [0.25, 0.3) is 0 Å². The molecule has 1 amide bonds. The highest BCUT2D eigenvalue weighted by Gasteiger charge is 2.14. The number of carbonyl (C=O) groups excluding carboxylic acids is 1. The molecule has 0 spiro atoms. The first kappa shape index (κ1) is 14.0. The van der Waals surface area contributed by atoms with Crippen molar-refractivity contribution in [3.05, 3.63) is 41.8 Å². The third-order valence-corrected chi connectivity index (χ3v) is 2.86. The standard InChI is InChI=1S/C11H12N4O4S/c1-7-6-13-19-10(7)11(16)14-8-3-2-4-9(5-8)15-20(12,17)18/h2-6,15H,1H3,(H,14,16)(H2,12,17,18). The number of anilines is 2. The van der Waals surface area contributed by atoms with Gasteiger partial charge in [-0.3, -0.25) is 9.52 Å².